The molecule has 0 saturated heterocycles. The van der Waals surface area contributed by atoms with Crippen molar-refractivity contribution >= 4 is 39.9 Å². The quantitative estimate of drug-likeness (QED) is 0.585. The van der Waals surface area contributed by atoms with Crippen molar-refractivity contribution in [1.29, 1.82) is 0 Å². The minimum absolute atomic E-state index is 0.156. The van der Waals surface area contributed by atoms with E-state index < -0.39 is 0 Å². The highest BCUT2D eigenvalue weighted by Crippen LogP contribution is 2.22. The Morgan fingerprint density at radius 1 is 1.32 bits per heavy atom. The van der Waals surface area contributed by atoms with Crippen LogP contribution in [0.5, 0.6) is 0 Å². The van der Waals surface area contributed by atoms with E-state index in [-0.39, 0.29) is 5.78 Å². The number of Topliss-reactive ketones (excluding diaryl/α,β-unsaturated/α-hetero) is 1. The molecule has 0 bridgehead atoms. The second-order valence-electron chi connectivity index (χ2n) is 4.18. The number of hydrogen-bond acceptors (Lipinski definition) is 4. The predicted octanol–water partition coefficient (Wildman–Crippen LogP) is 3.91. The van der Waals surface area contributed by atoms with Gasteiger partial charge in [-0.05, 0) is 31.2 Å². The lowest BCUT2D eigenvalue weighted by atomic mass is 10.3. The molecule has 19 heavy (non-hydrogen) atoms. The van der Waals surface area contributed by atoms with E-state index in [9.17, 15) is 4.79 Å². The maximum atomic E-state index is 12.0. The van der Waals surface area contributed by atoms with Crippen LogP contribution in [0, 0.1) is 6.92 Å². The molecule has 3 nitrogen and oxygen atoms in total. The Morgan fingerprint density at radius 2 is 2.16 bits per heavy atom. The molecule has 0 aliphatic heterocycles. The number of carbonyl (C=O) groups excluding carboxylic acids is 1. The number of aryl methyl sites for hydroxylation is 1. The van der Waals surface area contributed by atoms with E-state index in [2.05, 4.69) is 9.97 Å². The van der Waals surface area contributed by atoms with Gasteiger partial charge in [-0.3, -0.25) is 4.79 Å². The van der Waals surface area contributed by atoms with Crippen molar-refractivity contribution in [3.05, 3.63) is 46.2 Å². The number of nitrogens with one attached hydrogen (secondary N) is 1. The van der Waals surface area contributed by atoms with Crippen LogP contribution in [-0.2, 0) is 0 Å². The maximum Gasteiger partial charge on any atom is 0.183 e. The number of imidazole rings is 1. The first kappa shape index (κ1) is 12.4. The average Bonchev–Trinajstić information content (AvgIpc) is 3.01. The number of aromatic nitrogens is 2. The van der Waals surface area contributed by atoms with Gasteiger partial charge in [-0.15, -0.1) is 11.3 Å². The third kappa shape index (κ3) is 2.72. The number of para-hydroxylation sites is 2. The number of benzene rings is 1. The first-order valence-corrected chi connectivity index (χ1v) is 7.70. The Morgan fingerprint density at radius 3 is 2.89 bits per heavy atom. The normalized spacial score (nSPS) is 11.0. The zero-order valence-corrected chi connectivity index (χ0v) is 12.0. The highest BCUT2D eigenvalue weighted by molar-refractivity contribution is 7.99. The predicted molar refractivity (Wildman–Crippen MR) is 80.2 cm³/mol. The molecule has 5 heteroatoms. The lowest BCUT2D eigenvalue weighted by Gasteiger charge is -1.95. The van der Waals surface area contributed by atoms with Crippen LogP contribution in [0.25, 0.3) is 11.0 Å². The van der Waals surface area contributed by atoms with E-state index in [4.69, 9.17) is 0 Å². The Balaban J connectivity index is 1.70. The van der Waals surface area contributed by atoms with Crippen LogP contribution in [0.4, 0.5) is 0 Å². The second kappa shape index (κ2) is 5.19. The first-order valence-electron chi connectivity index (χ1n) is 5.89. The van der Waals surface area contributed by atoms with Crippen molar-refractivity contribution < 1.29 is 4.79 Å². The van der Waals surface area contributed by atoms with Crippen molar-refractivity contribution in [3.8, 4) is 0 Å². The molecule has 0 spiro atoms. The smallest absolute Gasteiger partial charge is 0.183 e. The molecule has 1 N–H and O–H groups in total. The van der Waals surface area contributed by atoms with Gasteiger partial charge in [0.2, 0.25) is 0 Å². The molecule has 0 atom stereocenters. The van der Waals surface area contributed by atoms with Crippen molar-refractivity contribution in [2.45, 2.75) is 12.1 Å². The van der Waals surface area contributed by atoms with Crippen LogP contribution in [-0.4, -0.2) is 21.5 Å². The van der Waals surface area contributed by atoms with E-state index in [1.165, 1.54) is 11.8 Å². The molecule has 0 fully saturated rings. The maximum absolute atomic E-state index is 12.0. The number of aromatic amines is 1. The van der Waals surface area contributed by atoms with Crippen molar-refractivity contribution in [3.63, 3.8) is 0 Å². The summed E-state index contributed by atoms with van der Waals surface area (Å²) >= 11 is 2.99. The Labute approximate surface area is 119 Å². The van der Waals surface area contributed by atoms with Crippen LogP contribution in [0.3, 0.4) is 0 Å². The third-order valence-corrected chi connectivity index (χ3v) is 4.64. The largest absolute Gasteiger partial charge is 0.333 e. The Kier molecular flexibility index (Phi) is 3.40. The number of H-pyrrole nitrogens is 1. The van der Waals surface area contributed by atoms with Gasteiger partial charge in [-0.25, -0.2) is 4.98 Å². The summed E-state index contributed by atoms with van der Waals surface area (Å²) in [5.41, 5.74) is 1.94. The van der Waals surface area contributed by atoms with E-state index in [0.29, 0.717) is 5.75 Å². The lowest BCUT2D eigenvalue weighted by molar-refractivity contribution is 0.102. The average molecular weight is 288 g/mol. The minimum Gasteiger partial charge on any atom is -0.333 e. The molecule has 0 saturated carbocycles. The number of carbonyl (C=O) groups is 1. The van der Waals surface area contributed by atoms with Gasteiger partial charge in [0.05, 0.1) is 21.7 Å². The zero-order valence-electron chi connectivity index (χ0n) is 10.3. The molecule has 3 aromatic rings. The van der Waals surface area contributed by atoms with Crippen molar-refractivity contribution in [1.82, 2.24) is 9.97 Å². The number of fused-ring (bicyclic) bond motifs is 1. The first-order chi connectivity index (χ1) is 9.22. The number of nitrogens with zero attached hydrogens (tertiary/aromatic N) is 1. The summed E-state index contributed by atoms with van der Waals surface area (Å²) < 4.78 is 0. The Bertz CT molecular complexity index is 697. The molecule has 0 amide bonds. The summed E-state index contributed by atoms with van der Waals surface area (Å²) in [4.78, 5) is 21.6. The number of rotatable bonds is 4. The lowest BCUT2D eigenvalue weighted by Crippen LogP contribution is -1.99. The molecular formula is C14H12N2OS2. The van der Waals surface area contributed by atoms with Gasteiger partial charge < -0.3 is 4.98 Å². The molecular weight excluding hydrogens is 276 g/mol. The summed E-state index contributed by atoms with van der Waals surface area (Å²) in [6.45, 7) is 2.01. The second-order valence-corrected chi connectivity index (χ2v) is 6.43. The fourth-order valence-electron chi connectivity index (χ4n) is 1.79. The molecule has 0 aliphatic rings. The van der Waals surface area contributed by atoms with Crippen LogP contribution in [0.15, 0.2) is 41.6 Å². The number of thiophene rings is 1. The van der Waals surface area contributed by atoms with Gasteiger partial charge in [0, 0.05) is 4.88 Å². The van der Waals surface area contributed by atoms with E-state index >= 15 is 0 Å². The molecule has 3 rings (SSSR count). The van der Waals surface area contributed by atoms with Crippen LogP contribution < -0.4 is 0 Å². The molecule has 96 valence electrons. The van der Waals surface area contributed by atoms with E-state index in [1.54, 1.807) is 11.3 Å². The standard InChI is InChI=1S/C14H12N2OS2/c1-9-6-7-13(19-9)12(17)8-18-14-15-10-4-2-3-5-11(10)16-14/h2-7H,8H2,1H3,(H,15,16). The molecule has 2 heterocycles. The summed E-state index contributed by atoms with van der Waals surface area (Å²) in [6.07, 6.45) is 0. The molecule has 1 aromatic carbocycles. The number of hydrogen-bond donors (Lipinski definition) is 1. The van der Waals surface area contributed by atoms with Gasteiger partial charge in [-0.2, -0.15) is 0 Å². The summed E-state index contributed by atoms with van der Waals surface area (Å²) in [6, 6.07) is 11.7. The van der Waals surface area contributed by atoms with Gasteiger partial charge in [0.15, 0.2) is 10.9 Å². The van der Waals surface area contributed by atoms with Gasteiger partial charge in [0.1, 0.15) is 0 Å². The van der Waals surface area contributed by atoms with Crippen LogP contribution in [0.1, 0.15) is 14.5 Å². The number of ketones is 1. The topological polar surface area (TPSA) is 45.8 Å². The Hall–Kier alpha value is -1.59. The zero-order chi connectivity index (χ0) is 13.2. The number of thioether (sulfide) groups is 1. The van der Waals surface area contributed by atoms with Crippen molar-refractivity contribution in [2.75, 3.05) is 5.75 Å². The molecule has 0 aliphatic carbocycles. The van der Waals surface area contributed by atoms with Gasteiger partial charge in [-0.1, -0.05) is 23.9 Å². The van der Waals surface area contributed by atoms with Gasteiger partial charge in [0.25, 0.3) is 0 Å². The summed E-state index contributed by atoms with van der Waals surface area (Å²) in [7, 11) is 0. The minimum atomic E-state index is 0.156. The molecule has 0 radical (unpaired) electrons. The SMILES string of the molecule is Cc1ccc(C(=O)CSc2nc3ccccc3[nH]2)s1. The van der Waals surface area contributed by atoms with Crippen molar-refractivity contribution in [2.24, 2.45) is 0 Å². The molecule has 2 aromatic heterocycles. The molecule has 0 unspecified atom stereocenters. The van der Waals surface area contributed by atoms with E-state index in [0.717, 1.165) is 25.9 Å². The fourth-order valence-corrected chi connectivity index (χ4v) is 3.45. The van der Waals surface area contributed by atoms with Gasteiger partial charge >= 0.3 is 0 Å². The summed E-state index contributed by atoms with van der Waals surface area (Å²) in [5, 5.41) is 0.794. The third-order valence-electron chi connectivity index (χ3n) is 2.72. The van der Waals surface area contributed by atoms with E-state index in [1.807, 2.05) is 43.3 Å². The highest BCUT2D eigenvalue weighted by Gasteiger charge is 2.10. The van der Waals surface area contributed by atoms with Crippen LogP contribution in [0.2, 0.25) is 0 Å². The fraction of sp³-hybridized carbons (Fsp3) is 0.143. The highest BCUT2D eigenvalue weighted by atomic mass is 32.2. The summed E-state index contributed by atoms with van der Waals surface area (Å²) in [5.74, 6) is 0.573. The van der Waals surface area contributed by atoms with Crippen LogP contribution >= 0.6 is 23.1 Å². The monoisotopic (exact) mass is 288 g/mol.